The largest absolute Gasteiger partial charge is 0.384 e. The minimum atomic E-state index is -0.774. The topological polar surface area (TPSA) is 49.8 Å². The number of ether oxygens (including phenoxy) is 1. The lowest BCUT2D eigenvalue weighted by Crippen LogP contribution is -2.46. The number of methoxy groups -OCH3 is 1. The fourth-order valence-electron chi connectivity index (χ4n) is 1.78. The molecule has 20 heavy (non-hydrogen) atoms. The van der Waals surface area contributed by atoms with Crippen molar-refractivity contribution in [3.8, 4) is 11.8 Å². The van der Waals surface area contributed by atoms with E-state index in [9.17, 15) is 4.79 Å². The van der Waals surface area contributed by atoms with Crippen LogP contribution in [0.4, 0.5) is 0 Å². The Morgan fingerprint density at radius 2 is 2.30 bits per heavy atom. The monoisotopic (exact) mass is 295 g/mol. The SMILES string of the molecule is CCC(C)(OC)C(=O)N(C)Cc1csc(C#CCO)c1. The van der Waals surface area contributed by atoms with Gasteiger partial charge in [0.05, 0.1) is 4.88 Å². The average molecular weight is 295 g/mol. The van der Waals surface area contributed by atoms with Crippen molar-refractivity contribution >= 4 is 17.2 Å². The number of carbonyl (C=O) groups excluding carboxylic acids is 1. The number of likely N-dealkylation sites (N-methyl/N-ethyl adjacent to an activating group) is 1. The molecule has 0 fully saturated rings. The Balaban J connectivity index is 2.73. The van der Waals surface area contributed by atoms with E-state index in [0.29, 0.717) is 13.0 Å². The lowest BCUT2D eigenvalue weighted by atomic mass is 10.0. The maximum absolute atomic E-state index is 12.4. The Hall–Kier alpha value is -1.35. The van der Waals surface area contributed by atoms with Gasteiger partial charge in [-0.15, -0.1) is 11.3 Å². The second kappa shape index (κ2) is 7.44. The number of carbonyl (C=O) groups is 1. The summed E-state index contributed by atoms with van der Waals surface area (Å²) < 4.78 is 5.33. The maximum atomic E-state index is 12.4. The second-order valence-corrected chi connectivity index (χ2v) is 5.64. The Kier molecular flexibility index (Phi) is 6.21. The van der Waals surface area contributed by atoms with Crippen LogP contribution in [-0.2, 0) is 16.1 Å². The van der Waals surface area contributed by atoms with Crippen molar-refractivity contribution in [2.24, 2.45) is 0 Å². The first-order valence-electron chi connectivity index (χ1n) is 6.44. The van der Waals surface area contributed by atoms with E-state index in [1.165, 1.54) is 11.3 Å². The van der Waals surface area contributed by atoms with Gasteiger partial charge in [-0.25, -0.2) is 0 Å². The maximum Gasteiger partial charge on any atom is 0.254 e. The van der Waals surface area contributed by atoms with E-state index >= 15 is 0 Å². The van der Waals surface area contributed by atoms with Gasteiger partial charge in [0.15, 0.2) is 0 Å². The number of rotatable bonds is 5. The average Bonchev–Trinajstić information content (AvgIpc) is 2.90. The van der Waals surface area contributed by atoms with Gasteiger partial charge in [0.1, 0.15) is 12.2 Å². The molecule has 1 amide bonds. The lowest BCUT2D eigenvalue weighted by molar-refractivity contribution is -0.152. The summed E-state index contributed by atoms with van der Waals surface area (Å²) in [5.41, 5.74) is 0.257. The Bertz CT molecular complexity index is 509. The van der Waals surface area contributed by atoms with Gasteiger partial charge in [0, 0.05) is 20.7 Å². The van der Waals surface area contributed by atoms with Gasteiger partial charge >= 0.3 is 0 Å². The summed E-state index contributed by atoms with van der Waals surface area (Å²) in [7, 11) is 3.33. The van der Waals surface area contributed by atoms with Gasteiger partial charge in [-0.3, -0.25) is 4.79 Å². The van der Waals surface area contributed by atoms with Crippen LogP contribution in [0.15, 0.2) is 11.4 Å². The molecule has 0 aliphatic heterocycles. The van der Waals surface area contributed by atoms with E-state index < -0.39 is 5.60 Å². The molecule has 0 radical (unpaired) electrons. The number of aliphatic hydroxyl groups is 1. The molecule has 0 aliphatic rings. The molecule has 5 heteroatoms. The minimum Gasteiger partial charge on any atom is -0.384 e. The quantitative estimate of drug-likeness (QED) is 0.844. The zero-order valence-electron chi connectivity index (χ0n) is 12.4. The molecule has 0 saturated heterocycles. The van der Waals surface area contributed by atoms with Crippen molar-refractivity contribution in [1.82, 2.24) is 4.90 Å². The number of thiophene rings is 1. The van der Waals surface area contributed by atoms with Crippen LogP contribution in [0.1, 0.15) is 30.7 Å². The van der Waals surface area contributed by atoms with Crippen molar-refractivity contribution < 1.29 is 14.6 Å². The minimum absolute atomic E-state index is 0.0308. The van der Waals surface area contributed by atoms with E-state index in [1.807, 2.05) is 18.4 Å². The molecule has 1 rings (SSSR count). The molecule has 0 saturated carbocycles. The highest BCUT2D eigenvalue weighted by molar-refractivity contribution is 7.10. The van der Waals surface area contributed by atoms with Crippen molar-refractivity contribution in [1.29, 1.82) is 0 Å². The van der Waals surface area contributed by atoms with E-state index in [1.54, 1.807) is 26.0 Å². The molecule has 0 bridgehead atoms. The van der Waals surface area contributed by atoms with Crippen LogP contribution in [0.3, 0.4) is 0 Å². The van der Waals surface area contributed by atoms with Crippen LogP contribution in [0.25, 0.3) is 0 Å². The van der Waals surface area contributed by atoms with E-state index in [0.717, 1.165) is 10.4 Å². The number of hydrogen-bond donors (Lipinski definition) is 1. The molecule has 1 aromatic heterocycles. The summed E-state index contributed by atoms with van der Waals surface area (Å²) in [6.07, 6.45) is 0.629. The second-order valence-electron chi connectivity index (χ2n) is 4.73. The Morgan fingerprint density at radius 1 is 1.60 bits per heavy atom. The van der Waals surface area contributed by atoms with Crippen LogP contribution in [-0.4, -0.2) is 42.3 Å². The first kappa shape index (κ1) is 16.7. The third-order valence-corrected chi connectivity index (χ3v) is 4.18. The number of hydrogen-bond acceptors (Lipinski definition) is 4. The molecule has 1 aromatic rings. The fourth-order valence-corrected chi connectivity index (χ4v) is 2.55. The van der Waals surface area contributed by atoms with Crippen molar-refractivity contribution in [2.45, 2.75) is 32.4 Å². The van der Waals surface area contributed by atoms with Crippen molar-refractivity contribution in [3.05, 3.63) is 21.9 Å². The standard InChI is InChI=1S/C15H21NO3S/c1-5-15(2,19-4)14(18)16(3)10-12-9-13(20-11-12)7-6-8-17/h9,11,17H,5,8,10H2,1-4H3. The number of amides is 1. The molecule has 4 nitrogen and oxygen atoms in total. The molecule has 1 heterocycles. The number of aliphatic hydroxyl groups excluding tert-OH is 1. The van der Waals surface area contributed by atoms with Crippen LogP contribution >= 0.6 is 11.3 Å². The van der Waals surface area contributed by atoms with Crippen LogP contribution in [0, 0.1) is 11.8 Å². The summed E-state index contributed by atoms with van der Waals surface area (Å²) in [4.78, 5) is 14.9. The zero-order valence-corrected chi connectivity index (χ0v) is 13.2. The molecular formula is C15H21NO3S. The van der Waals surface area contributed by atoms with Gasteiger partial charge in [-0.1, -0.05) is 18.8 Å². The molecule has 1 atom stereocenters. The highest BCUT2D eigenvalue weighted by atomic mass is 32.1. The van der Waals surface area contributed by atoms with Crippen molar-refractivity contribution in [2.75, 3.05) is 20.8 Å². The van der Waals surface area contributed by atoms with Crippen LogP contribution in [0.2, 0.25) is 0 Å². The van der Waals surface area contributed by atoms with Gasteiger partial charge in [0.25, 0.3) is 5.91 Å². The highest BCUT2D eigenvalue weighted by Crippen LogP contribution is 2.20. The van der Waals surface area contributed by atoms with E-state index in [2.05, 4.69) is 11.8 Å². The molecular weight excluding hydrogens is 274 g/mol. The fraction of sp³-hybridized carbons (Fsp3) is 0.533. The van der Waals surface area contributed by atoms with Gasteiger partial charge < -0.3 is 14.7 Å². The van der Waals surface area contributed by atoms with Gasteiger partial charge in [0.2, 0.25) is 0 Å². The van der Waals surface area contributed by atoms with Crippen molar-refractivity contribution in [3.63, 3.8) is 0 Å². The summed E-state index contributed by atoms with van der Waals surface area (Å²) in [6.45, 7) is 4.11. The summed E-state index contributed by atoms with van der Waals surface area (Å²) in [5.74, 6) is 5.44. The smallest absolute Gasteiger partial charge is 0.254 e. The molecule has 1 N–H and O–H groups in total. The van der Waals surface area contributed by atoms with Gasteiger partial charge in [-0.2, -0.15) is 0 Å². The van der Waals surface area contributed by atoms with E-state index in [4.69, 9.17) is 9.84 Å². The summed E-state index contributed by atoms with van der Waals surface area (Å²) in [5, 5.41) is 10.6. The molecule has 0 spiro atoms. The normalized spacial score (nSPS) is 13.2. The van der Waals surface area contributed by atoms with Gasteiger partial charge in [-0.05, 0) is 30.4 Å². The molecule has 110 valence electrons. The third-order valence-electron chi connectivity index (χ3n) is 3.29. The summed E-state index contributed by atoms with van der Waals surface area (Å²) >= 11 is 1.51. The summed E-state index contributed by atoms with van der Waals surface area (Å²) in [6, 6.07) is 1.94. The van der Waals surface area contributed by atoms with Crippen LogP contribution in [0.5, 0.6) is 0 Å². The Labute approximate surface area is 124 Å². The molecule has 1 unspecified atom stereocenters. The highest BCUT2D eigenvalue weighted by Gasteiger charge is 2.33. The first-order valence-corrected chi connectivity index (χ1v) is 7.32. The molecule has 0 aliphatic carbocycles. The molecule has 0 aromatic carbocycles. The lowest BCUT2D eigenvalue weighted by Gasteiger charge is -2.30. The third kappa shape index (κ3) is 4.07. The Morgan fingerprint density at radius 3 is 2.85 bits per heavy atom. The van der Waals surface area contributed by atoms with Crippen LogP contribution < -0.4 is 0 Å². The predicted octanol–water partition coefficient (Wildman–Crippen LogP) is 1.87. The van der Waals surface area contributed by atoms with E-state index in [-0.39, 0.29) is 12.5 Å². The number of nitrogens with zero attached hydrogens (tertiary/aromatic N) is 1. The predicted molar refractivity (Wildman–Crippen MR) is 80.5 cm³/mol. The zero-order chi connectivity index (χ0) is 15.2. The first-order chi connectivity index (χ1) is 9.46.